The van der Waals surface area contributed by atoms with E-state index in [1.165, 1.54) is 12.1 Å². The number of benzene rings is 2. The molecule has 5 aromatic rings. The fraction of sp³-hybridized carbons (Fsp3) is 0.231. The summed E-state index contributed by atoms with van der Waals surface area (Å²) in [6.45, 7) is 4.24. The molecule has 0 aliphatic carbocycles. The lowest BCUT2D eigenvalue weighted by Gasteiger charge is -2.25. The van der Waals surface area contributed by atoms with Crippen LogP contribution in [0.1, 0.15) is 29.6 Å². The molecule has 6 rings (SSSR count). The third-order valence-corrected chi connectivity index (χ3v) is 6.82. The van der Waals surface area contributed by atoms with Gasteiger partial charge in [-0.25, -0.2) is 14.4 Å². The molecule has 0 amide bonds. The molecule has 36 heavy (non-hydrogen) atoms. The van der Waals surface area contributed by atoms with Crippen LogP contribution in [-0.4, -0.2) is 46.7 Å². The van der Waals surface area contributed by atoms with Crippen molar-refractivity contribution in [3.05, 3.63) is 76.3 Å². The van der Waals surface area contributed by atoms with Gasteiger partial charge in [-0.3, -0.25) is 15.0 Å². The number of imidazole rings is 1. The van der Waals surface area contributed by atoms with E-state index in [9.17, 15) is 9.50 Å². The Morgan fingerprint density at radius 2 is 2.06 bits per heavy atom. The van der Waals surface area contributed by atoms with E-state index in [1.54, 1.807) is 12.4 Å². The molecule has 1 aliphatic heterocycles. The minimum atomic E-state index is -0.633. The molecule has 0 saturated heterocycles. The summed E-state index contributed by atoms with van der Waals surface area (Å²) in [5.41, 5.74) is 7.04. The minimum Gasteiger partial charge on any atom is -0.505 e. The summed E-state index contributed by atoms with van der Waals surface area (Å²) in [5, 5.41) is 18.7. The molecular formula is C26H23ClFN7O. The summed E-state index contributed by atoms with van der Waals surface area (Å²) in [7, 11) is 0. The molecule has 1 aliphatic rings. The highest BCUT2D eigenvalue weighted by molar-refractivity contribution is 6.29. The van der Waals surface area contributed by atoms with E-state index >= 15 is 0 Å². The number of nitrogens with zero attached hydrogens (tertiary/aromatic N) is 5. The van der Waals surface area contributed by atoms with E-state index in [2.05, 4.69) is 30.0 Å². The van der Waals surface area contributed by atoms with Gasteiger partial charge in [-0.05, 0) is 47.4 Å². The number of hydrogen-bond donors (Lipinski definition) is 3. The number of phenols is 1. The highest BCUT2D eigenvalue weighted by Crippen LogP contribution is 2.34. The van der Waals surface area contributed by atoms with Gasteiger partial charge in [0.25, 0.3) is 0 Å². The molecule has 4 heterocycles. The van der Waals surface area contributed by atoms with Crippen LogP contribution in [0.5, 0.6) is 5.75 Å². The Balaban J connectivity index is 1.27. The molecular weight excluding hydrogens is 481 g/mol. The average molecular weight is 504 g/mol. The van der Waals surface area contributed by atoms with Gasteiger partial charge in [0, 0.05) is 37.1 Å². The van der Waals surface area contributed by atoms with Crippen molar-refractivity contribution in [3.63, 3.8) is 0 Å². The lowest BCUT2D eigenvalue weighted by Crippen LogP contribution is -2.30. The third kappa shape index (κ3) is 4.10. The van der Waals surface area contributed by atoms with Crippen molar-refractivity contribution in [1.29, 1.82) is 0 Å². The Morgan fingerprint density at radius 1 is 1.17 bits per heavy atom. The van der Waals surface area contributed by atoms with Gasteiger partial charge >= 0.3 is 0 Å². The van der Waals surface area contributed by atoms with Gasteiger partial charge in [0.1, 0.15) is 10.8 Å². The molecule has 3 aromatic heterocycles. The second-order valence-corrected chi connectivity index (χ2v) is 9.34. The first-order chi connectivity index (χ1) is 17.5. The van der Waals surface area contributed by atoms with Crippen molar-refractivity contribution in [2.45, 2.75) is 32.9 Å². The fourth-order valence-corrected chi connectivity index (χ4v) is 4.87. The number of nitrogens with one attached hydrogen (secondary N) is 2. The number of halogens is 2. The van der Waals surface area contributed by atoms with Crippen LogP contribution in [0.4, 0.5) is 4.39 Å². The summed E-state index contributed by atoms with van der Waals surface area (Å²) in [5.74, 6) is -0.245. The van der Waals surface area contributed by atoms with E-state index in [0.29, 0.717) is 24.7 Å². The van der Waals surface area contributed by atoms with Crippen LogP contribution in [0, 0.1) is 5.82 Å². The molecule has 10 heteroatoms. The Hall–Kier alpha value is -3.82. The zero-order valence-electron chi connectivity index (χ0n) is 19.5. The largest absolute Gasteiger partial charge is 0.505 e. The second-order valence-electron chi connectivity index (χ2n) is 8.95. The highest BCUT2D eigenvalue weighted by atomic mass is 35.5. The SMILES string of the molecule is CCc1cc(O)c(F)cc1-c1ccc2c(-c3nc4c([nH]3)CCN(Cc3cnc(Cl)cn3)C4)n[nH]c2c1. The van der Waals surface area contributed by atoms with Crippen molar-refractivity contribution < 1.29 is 9.50 Å². The predicted octanol–water partition coefficient (Wildman–Crippen LogP) is 5.03. The molecule has 0 spiro atoms. The van der Waals surface area contributed by atoms with Gasteiger partial charge in [0.2, 0.25) is 0 Å². The zero-order chi connectivity index (χ0) is 24.8. The van der Waals surface area contributed by atoms with Gasteiger partial charge in [0.05, 0.1) is 29.3 Å². The van der Waals surface area contributed by atoms with Crippen LogP contribution in [0.3, 0.4) is 0 Å². The van der Waals surface area contributed by atoms with Crippen LogP contribution >= 0.6 is 11.6 Å². The molecule has 3 N–H and O–H groups in total. The summed E-state index contributed by atoms with van der Waals surface area (Å²) >= 11 is 5.85. The molecule has 0 saturated carbocycles. The summed E-state index contributed by atoms with van der Waals surface area (Å²) in [4.78, 5) is 19.1. The number of phenolic OH excluding ortho intramolecular Hbond substituents is 1. The Kier molecular flexibility index (Phi) is 5.66. The van der Waals surface area contributed by atoms with Crippen LogP contribution in [0.25, 0.3) is 33.5 Å². The molecule has 182 valence electrons. The van der Waals surface area contributed by atoms with Crippen molar-refractivity contribution in [3.8, 4) is 28.4 Å². The van der Waals surface area contributed by atoms with Crippen molar-refractivity contribution in [2.24, 2.45) is 0 Å². The fourth-order valence-electron chi connectivity index (χ4n) is 4.77. The summed E-state index contributed by atoms with van der Waals surface area (Å²) in [6, 6.07) is 8.75. The van der Waals surface area contributed by atoms with Crippen LogP contribution in [0.2, 0.25) is 5.15 Å². The lowest BCUT2D eigenvalue weighted by atomic mass is 9.96. The average Bonchev–Trinajstić information content (AvgIpc) is 3.50. The van der Waals surface area contributed by atoms with Gasteiger partial charge in [-0.2, -0.15) is 5.10 Å². The molecule has 2 aromatic carbocycles. The zero-order valence-corrected chi connectivity index (χ0v) is 20.3. The number of aromatic nitrogens is 6. The number of rotatable bonds is 5. The Bertz CT molecular complexity index is 1580. The molecule has 0 fully saturated rings. The first kappa shape index (κ1) is 22.6. The maximum absolute atomic E-state index is 14.1. The molecule has 0 bridgehead atoms. The molecule has 8 nitrogen and oxygen atoms in total. The van der Waals surface area contributed by atoms with Gasteiger partial charge in [-0.1, -0.05) is 24.6 Å². The number of aromatic hydroxyl groups is 1. The maximum atomic E-state index is 14.1. The van der Waals surface area contributed by atoms with Crippen molar-refractivity contribution in [1.82, 2.24) is 35.0 Å². The number of aryl methyl sites for hydroxylation is 1. The number of fused-ring (bicyclic) bond motifs is 2. The molecule has 0 radical (unpaired) electrons. The van der Waals surface area contributed by atoms with E-state index in [-0.39, 0.29) is 5.75 Å². The second kappa shape index (κ2) is 9.00. The number of aromatic amines is 2. The van der Waals surface area contributed by atoms with Crippen molar-refractivity contribution in [2.75, 3.05) is 6.54 Å². The van der Waals surface area contributed by atoms with Gasteiger partial charge < -0.3 is 10.1 Å². The lowest BCUT2D eigenvalue weighted by molar-refractivity contribution is 0.238. The van der Waals surface area contributed by atoms with Gasteiger partial charge in [-0.15, -0.1) is 0 Å². The maximum Gasteiger partial charge on any atom is 0.165 e. The summed E-state index contributed by atoms with van der Waals surface area (Å²) < 4.78 is 14.1. The normalized spacial score (nSPS) is 13.9. The topological polar surface area (TPSA) is 107 Å². The quantitative estimate of drug-likeness (QED) is 0.310. The predicted molar refractivity (Wildman–Crippen MR) is 135 cm³/mol. The van der Waals surface area contributed by atoms with E-state index in [1.807, 2.05) is 25.1 Å². The number of H-pyrrole nitrogens is 2. The van der Waals surface area contributed by atoms with Crippen LogP contribution < -0.4 is 0 Å². The van der Waals surface area contributed by atoms with Gasteiger partial charge in [0.15, 0.2) is 17.4 Å². The van der Waals surface area contributed by atoms with E-state index < -0.39 is 5.82 Å². The van der Waals surface area contributed by atoms with Crippen LogP contribution in [-0.2, 0) is 25.9 Å². The van der Waals surface area contributed by atoms with E-state index in [4.69, 9.17) is 16.6 Å². The smallest absolute Gasteiger partial charge is 0.165 e. The first-order valence-corrected chi connectivity index (χ1v) is 12.1. The molecule has 0 unspecified atom stereocenters. The molecule has 0 atom stereocenters. The Morgan fingerprint density at radius 3 is 2.86 bits per heavy atom. The monoisotopic (exact) mass is 503 g/mol. The minimum absolute atomic E-state index is 0.332. The van der Waals surface area contributed by atoms with Crippen LogP contribution in [0.15, 0.2) is 42.7 Å². The number of hydrogen-bond acceptors (Lipinski definition) is 6. The summed E-state index contributed by atoms with van der Waals surface area (Å²) in [6.07, 6.45) is 4.79. The Labute approximate surface area is 211 Å². The van der Waals surface area contributed by atoms with E-state index in [0.717, 1.165) is 69.2 Å². The first-order valence-electron chi connectivity index (χ1n) is 11.7. The van der Waals surface area contributed by atoms with Crippen molar-refractivity contribution >= 4 is 22.5 Å². The standard InChI is InChI=1S/C26H23ClFN7O/c1-2-14-8-23(36)19(28)9-18(14)15-3-4-17-21(7-15)33-34-25(17)26-31-20-5-6-35(13-22(20)32-26)12-16-10-30-24(27)11-29-16/h3-4,7-11,36H,2,5-6,12-13H2,1H3,(H,31,32)(H,33,34). The third-order valence-electron chi connectivity index (χ3n) is 6.63. The highest BCUT2D eigenvalue weighted by Gasteiger charge is 2.23.